The molecule has 10 rings (SSSR count). The van der Waals surface area contributed by atoms with Crippen molar-refractivity contribution in [2.45, 2.75) is 55.4 Å². The summed E-state index contributed by atoms with van der Waals surface area (Å²) in [7, 11) is 0. The van der Waals surface area contributed by atoms with Crippen molar-refractivity contribution in [3.8, 4) is 33.9 Å². The molecule has 5 heteroatoms. The summed E-state index contributed by atoms with van der Waals surface area (Å²) in [6.45, 7) is 17.7. The summed E-state index contributed by atoms with van der Waals surface area (Å²) < 4.78 is 4.92. The number of aryl methyl sites for hydroxylation is 8. The van der Waals surface area contributed by atoms with E-state index in [9.17, 15) is 0 Å². The fourth-order valence-corrected chi connectivity index (χ4v) is 9.56. The molecule has 0 saturated heterocycles. The molecule has 0 unspecified atom stereocenters. The lowest BCUT2D eigenvalue weighted by Crippen LogP contribution is -2.05. The lowest BCUT2D eigenvalue weighted by molar-refractivity contribution is 1.13. The van der Waals surface area contributed by atoms with E-state index < -0.39 is 0 Å². The number of hydrogen-bond donors (Lipinski definition) is 0. The number of pyridine rings is 1. The van der Waals surface area contributed by atoms with Crippen LogP contribution in [0.4, 0.5) is 0 Å². The van der Waals surface area contributed by atoms with Gasteiger partial charge in [-0.05, 0) is 136 Å². The van der Waals surface area contributed by atoms with Gasteiger partial charge in [0.1, 0.15) is 5.52 Å². The average Bonchev–Trinajstić information content (AvgIpc) is 3.71. The van der Waals surface area contributed by atoms with Crippen LogP contribution in [-0.2, 0) is 0 Å². The van der Waals surface area contributed by atoms with Gasteiger partial charge in [0.25, 0.3) is 0 Å². The van der Waals surface area contributed by atoms with Gasteiger partial charge in [-0.15, -0.1) is 0 Å². The molecule has 6 aromatic carbocycles. The van der Waals surface area contributed by atoms with Gasteiger partial charge in [0.15, 0.2) is 5.65 Å². The summed E-state index contributed by atoms with van der Waals surface area (Å²) >= 11 is 0. The van der Waals surface area contributed by atoms with E-state index in [1.165, 1.54) is 65.9 Å². The normalized spacial score (nSPS) is 11.9. The summed E-state index contributed by atoms with van der Waals surface area (Å²) in [6.07, 6.45) is 1.80. The van der Waals surface area contributed by atoms with Crippen molar-refractivity contribution in [2.24, 2.45) is 0 Å². The van der Waals surface area contributed by atoms with Crippen molar-refractivity contribution < 1.29 is 0 Å². The first kappa shape index (κ1) is 33.9. The maximum Gasteiger partial charge on any atom is 0.178 e. The van der Waals surface area contributed by atoms with Gasteiger partial charge in [-0.1, -0.05) is 72.8 Å². The van der Waals surface area contributed by atoms with Crippen LogP contribution in [0.2, 0.25) is 0 Å². The Hall–Kier alpha value is -6.59. The molecule has 0 radical (unpaired) electrons. The molecule has 5 nitrogen and oxygen atoms in total. The summed E-state index contributed by atoms with van der Waals surface area (Å²) in [5.41, 5.74) is 22.3. The van der Waals surface area contributed by atoms with Crippen LogP contribution in [0.5, 0.6) is 0 Å². The first-order valence-corrected chi connectivity index (χ1v) is 19.5. The molecule has 0 saturated carbocycles. The zero-order valence-electron chi connectivity index (χ0n) is 33.2. The van der Waals surface area contributed by atoms with E-state index in [4.69, 9.17) is 15.0 Å². The van der Waals surface area contributed by atoms with E-state index in [-0.39, 0.29) is 0 Å². The Labute approximate surface area is 326 Å². The summed E-state index contributed by atoms with van der Waals surface area (Å²) in [5.74, 6) is 0. The van der Waals surface area contributed by atoms with Gasteiger partial charge in [0.2, 0.25) is 0 Å². The largest absolute Gasteiger partial charge is 0.309 e. The lowest BCUT2D eigenvalue weighted by atomic mass is 9.91. The number of nitrogens with zero attached hydrogens (tertiary/aromatic N) is 5. The topological polar surface area (TPSA) is 48.5 Å². The molecule has 272 valence electrons. The van der Waals surface area contributed by atoms with Crippen molar-refractivity contribution in [1.82, 2.24) is 24.1 Å². The molecular formula is C51H43N5. The summed E-state index contributed by atoms with van der Waals surface area (Å²) in [6, 6.07) is 39.8. The number of rotatable bonds is 4. The van der Waals surface area contributed by atoms with Gasteiger partial charge >= 0.3 is 0 Å². The van der Waals surface area contributed by atoms with Crippen LogP contribution in [0.1, 0.15) is 44.5 Å². The Balaban J connectivity index is 1.21. The average molecular weight is 726 g/mol. The minimum absolute atomic E-state index is 0.644. The highest BCUT2D eigenvalue weighted by atomic mass is 15.0. The fraction of sp³-hybridized carbons (Fsp3) is 0.157. The van der Waals surface area contributed by atoms with E-state index in [2.05, 4.69) is 162 Å². The Morgan fingerprint density at radius 1 is 0.375 bits per heavy atom. The smallest absolute Gasteiger partial charge is 0.178 e. The molecule has 0 aliphatic heterocycles. The molecule has 0 spiro atoms. The van der Waals surface area contributed by atoms with Crippen LogP contribution >= 0.6 is 0 Å². The SMILES string of the molecule is Cc1cc(-n2c3c(C)cccc3c3cccc(C)c32)cc(C)c1-c1nc2cccnc2nc1-c1c(C)cc(-n2c3c(C)cccc3c3cccc(C)c32)cc1C. The highest BCUT2D eigenvalue weighted by Crippen LogP contribution is 2.42. The number of fused-ring (bicyclic) bond motifs is 7. The zero-order valence-corrected chi connectivity index (χ0v) is 33.2. The predicted octanol–water partition coefficient (Wildman–Crippen LogP) is 13.0. The Kier molecular flexibility index (Phi) is 7.56. The number of hydrogen-bond acceptors (Lipinski definition) is 3. The van der Waals surface area contributed by atoms with E-state index in [1.54, 1.807) is 6.20 Å². The number of para-hydroxylation sites is 4. The molecule has 10 aromatic rings. The molecular weight excluding hydrogens is 683 g/mol. The van der Waals surface area contributed by atoms with Crippen LogP contribution in [0.3, 0.4) is 0 Å². The first-order valence-electron chi connectivity index (χ1n) is 19.5. The molecule has 56 heavy (non-hydrogen) atoms. The van der Waals surface area contributed by atoms with Crippen LogP contribution in [0, 0.1) is 55.4 Å². The highest BCUT2D eigenvalue weighted by molar-refractivity contribution is 6.12. The maximum absolute atomic E-state index is 5.39. The first-order chi connectivity index (χ1) is 27.1. The maximum atomic E-state index is 5.39. The van der Waals surface area contributed by atoms with E-state index >= 15 is 0 Å². The second kappa shape index (κ2) is 12.5. The van der Waals surface area contributed by atoms with Crippen molar-refractivity contribution in [1.29, 1.82) is 0 Å². The van der Waals surface area contributed by atoms with Crippen molar-refractivity contribution in [2.75, 3.05) is 0 Å². The van der Waals surface area contributed by atoms with Crippen molar-refractivity contribution in [3.05, 3.63) is 160 Å². The minimum atomic E-state index is 0.644. The molecule has 0 bridgehead atoms. The molecule has 4 heterocycles. The van der Waals surface area contributed by atoms with Crippen LogP contribution in [-0.4, -0.2) is 24.1 Å². The fourth-order valence-electron chi connectivity index (χ4n) is 9.56. The Morgan fingerprint density at radius 3 is 1.11 bits per heavy atom. The molecule has 0 amide bonds. The van der Waals surface area contributed by atoms with Crippen LogP contribution in [0.15, 0.2) is 115 Å². The number of benzene rings is 6. The molecule has 0 aliphatic carbocycles. The molecule has 0 fully saturated rings. The zero-order chi connectivity index (χ0) is 38.6. The molecule has 0 aliphatic rings. The highest BCUT2D eigenvalue weighted by Gasteiger charge is 2.24. The van der Waals surface area contributed by atoms with E-state index in [0.717, 1.165) is 61.7 Å². The Morgan fingerprint density at radius 2 is 0.732 bits per heavy atom. The quantitative estimate of drug-likeness (QED) is 0.181. The lowest BCUT2D eigenvalue weighted by Gasteiger charge is -2.20. The minimum Gasteiger partial charge on any atom is -0.309 e. The van der Waals surface area contributed by atoms with E-state index in [1.807, 2.05) is 12.1 Å². The standard InChI is InChI=1S/C51H43N5/c1-28-14-9-18-38-39-19-10-15-29(2)48(39)55(47(28)38)36-24-32(5)43(33(6)25-36)45-46(54-51-42(53-45)22-13-23-52-51)44-34(7)26-37(27-35(44)8)56-49-30(3)16-11-20-40(49)41-21-12-17-31(4)50(41)56/h9-27H,1-8H3. The number of aromatic nitrogens is 5. The van der Waals surface area contributed by atoms with Crippen LogP contribution < -0.4 is 0 Å². The third-order valence-electron chi connectivity index (χ3n) is 11.9. The second-order valence-corrected chi connectivity index (χ2v) is 15.7. The summed E-state index contributed by atoms with van der Waals surface area (Å²) in [4.78, 5) is 15.4. The Bertz CT molecular complexity index is 2900. The van der Waals surface area contributed by atoms with Gasteiger partial charge in [0, 0.05) is 50.2 Å². The van der Waals surface area contributed by atoms with Gasteiger partial charge in [-0.25, -0.2) is 15.0 Å². The predicted molar refractivity (Wildman–Crippen MR) is 235 cm³/mol. The molecule has 4 aromatic heterocycles. The van der Waals surface area contributed by atoms with Crippen LogP contribution in [0.25, 0.3) is 88.7 Å². The third kappa shape index (κ3) is 4.90. The second-order valence-electron chi connectivity index (χ2n) is 15.7. The monoisotopic (exact) mass is 725 g/mol. The van der Waals surface area contributed by atoms with Gasteiger partial charge < -0.3 is 9.13 Å². The molecule has 0 atom stereocenters. The van der Waals surface area contributed by atoms with Gasteiger partial charge in [-0.3, -0.25) is 0 Å². The van der Waals surface area contributed by atoms with E-state index in [0.29, 0.717) is 5.65 Å². The molecule has 0 N–H and O–H groups in total. The van der Waals surface area contributed by atoms with Crippen molar-refractivity contribution >= 4 is 54.8 Å². The summed E-state index contributed by atoms with van der Waals surface area (Å²) in [5, 5.41) is 5.10. The van der Waals surface area contributed by atoms with Gasteiger partial charge in [-0.2, -0.15) is 0 Å². The van der Waals surface area contributed by atoms with Gasteiger partial charge in [0.05, 0.1) is 33.5 Å². The third-order valence-corrected chi connectivity index (χ3v) is 11.9. The van der Waals surface area contributed by atoms with Crippen molar-refractivity contribution in [3.63, 3.8) is 0 Å².